The van der Waals surface area contributed by atoms with Crippen LogP contribution in [-0.2, 0) is 6.54 Å². The molecule has 1 N–H and O–H groups in total. The number of carbonyl (C=O) groups is 1. The number of benzene rings is 2. The van der Waals surface area contributed by atoms with Gasteiger partial charge in [0.05, 0.1) is 5.56 Å². The first-order chi connectivity index (χ1) is 10.1. The van der Waals surface area contributed by atoms with E-state index < -0.39 is 11.7 Å². The number of carbonyl (C=O) groups excluding carboxylic acids is 1. The number of hydrogen-bond acceptors (Lipinski definition) is 3. The van der Waals surface area contributed by atoms with Crippen molar-refractivity contribution in [1.82, 2.24) is 5.32 Å². The van der Waals surface area contributed by atoms with Gasteiger partial charge < -0.3 is 14.8 Å². The van der Waals surface area contributed by atoms with Crippen LogP contribution in [0.5, 0.6) is 11.5 Å². The monoisotopic (exact) mass is 287 g/mol. The zero-order valence-corrected chi connectivity index (χ0v) is 11.5. The molecule has 0 fully saturated rings. The number of amides is 1. The molecule has 21 heavy (non-hydrogen) atoms. The summed E-state index contributed by atoms with van der Waals surface area (Å²) in [6.45, 7) is 2.32. The summed E-state index contributed by atoms with van der Waals surface area (Å²) in [5, 5.41) is 2.70. The molecule has 0 saturated heterocycles. The molecule has 5 heteroatoms. The third-order valence-corrected chi connectivity index (χ3v) is 3.26. The van der Waals surface area contributed by atoms with Crippen LogP contribution in [0.3, 0.4) is 0 Å². The van der Waals surface area contributed by atoms with Crippen LogP contribution >= 0.6 is 0 Å². The Balaban J connectivity index is 1.70. The molecule has 0 bridgehead atoms. The summed E-state index contributed by atoms with van der Waals surface area (Å²) in [5.41, 5.74) is 1.75. The summed E-state index contributed by atoms with van der Waals surface area (Å²) < 4.78 is 24.1. The highest BCUT2D eigenvalue weighted by Crippen LogP contribution is 2.32. The second-order valence-electron chi connectivity index (χ2n) is 4.85. The number of nitrogens with one attached hydrogen (secondary N) is 1. The van der Waals surface area contributed by atoms with Crippen LogP contribution in [0.1, 0.15) is 21.5 Å². The van der Waals surface area contributed by atoms with Crippen LogP contribution < -0.4 is 14.8 Å². The molecule has 1 amide bonds. The molecule has 1 heterocycles. The van der Waals surface area contributed by atoms with Crippen molar-refractivity contribution < 1.29 is 18.7 Å². The topological polar surface area (TPSA) is 47.6 Å². The number of ether oxygens (including phenoxy) is 2. The summed E-state index contributed by atoms with van der Waals surface area (Å²) in [5.74, 6) is 0.385. The Labute approximate surface area is 121 Å². The van der Waals surface area contributed by atoms with E-state index in [9.17, 15) is 9.18 Å². The lowest BCUT2D eigenvalue weighted by atomic mass is 10.1. The van der Waals surface area contributed by atoms with E-state index in [1.807, 2.05) is 13.0 Å². The van der Waals surface area contributed by atoms with Gasteiger partial charge in [0.2, 0.25) is 6.79 Å². The molecule has 1 aliphatic rings. The summed E-state index contributed by atoms with van der Waals surface area (Å²) in [6, 6.07) is 9.88. The van der Waals surface area contributed by atoms with Crippen molar-refractivity contribution in [3.63, 3.8) is 0 Å². The molecule has 0 unspecified atom stereocenters. The molecule has 4 nitrogen and oxygen atoms in total. The first-order valence-electron chi connectivity index (χ1n) is 6.56. The Morgan fingerprint density at radius 2 is 2.00 bits per heavy atom. The summed E-state index contributed by atoms with van der Waals surface area (Å²) in [6.07, 6.45) is 0. The van der Waals surface area contributed by atoms with Crippen molar-refractivity contribution in [3.05, 3.63) is 58.9 Å². The molecule has 108 valence electrons. The Hall–Kier alpha value is -2.56. The highest BCUT2D eigenvalue weighted by molar-refractivity contribution is 5.94. The quantitative estimate of drug-likeness (QED) is 0.944. The lowest BCUT2D eigenvalue weighted by molar-refractivity contribution is 0.0946. The predicted octanol–water partition coefficient (Wildman–Crippen LogP) is 2.79. The molecular weight excluding hydrogens is 273 g/mol. The van der Waals surface area contributed by atoms with E-state index in [1.54, 1.807) is 18.2 Å². The maximum absolute atomic E-state index is 13.6. The second-order valence-corrected chi connectivity index (χ2v) is 4.85. The van der Waals surface area contributed by atoms with E-state index in [0.717, 1.165) is 11.1 Å². The average Bonchev–Trinajstić information content (AvgIpc) is 2.94. The van der Waals surface area contributed by atoms with Crippen molar-refractivity contribution in [1.29, 1.82) is 0 Å². The summed E-state index contributed by atoms with van der Waals surface area (Å²) >= 11 is 0. The largest absolute Gasteiger partial charge is 0.454 e. The minimum absolute atomic E-state index is 0.0516. The average molecular weight is 287 g/mol. The molecule has 1 aliphatic heterocycles. The zero-order valence-electron chi connectivity index (χ0n) is 11.5. The van der Waals surface area contributed by atoms with Crippen LogP contribution in [0.25, 0.3) is 0 Å². The van der Waals surface area contributed by atoms with Crippen LogP contribution in [0, 0.1) is 12.7 Å². The van der Waals surface area contributed by atoms with Crippen molar-refractivity contribution in [2.24, 2.45) is 0 Å². The lowest BCUT2D eigenvalue weighted by Gasteiger charge is -2.07. The Bertz CT molecular complexity index is 700. The van der Waals surface area contributed by atoms with Gasteiger partial charge in [-0.05, 0) is 36.8 Å². The fourth-order valence-electron chi connectivity index (χ4n) is 2.14. The van der Waals surface area contributed by atoms with Gasteiger partial charge in [0.1, 0.15) is 5.82 Å². The lowest BCUT2D eigenvalue weighted by Crippen LogP contribution is -2.23. The molecular formula is C16H14FNO3. The molecule has 0 saturated carbocycles. The van der Waals surface area contributed by atoms with E-state index in [-0.39, 0.29) is 12.4 Å². The second kappa shape index (κ2) is 5.44. The van der Waals surface area contributed by atoms with Crippen LogP contribution in [0.4, 0.5) is 4.39 Å². The minimum atomic E-state index is -0.524. The molecule has 0 aliphatic carbocycles. The van der Waals surface area contributed by atoms with Gasteiger partial charge >= 0.3 is 0 Å². The molecule has 0 aromatic heterocycles. The van der Waals surface area contributed by atoms with Crippen molar-refractivity contribution in [3.8, 4) is 11.5 Å². The van der Waals surface area contributed by atoms with Gasteiger partial charge in [0.15, 0.2) is 11.5 Å². The predicted molar refractivity (Wildman–Crippen MR) is 74.9 cm³/mol. The van der Waals surface area contributed by atoms with E-state index in [4.69, 9.17) is 9.47 Å². The maximum Gasteiger partial charge on any atom is 0.254 e. The van der Waals surface area contributed by atoms with Crippen molar-refractivity contribution >= 4 is 5.91 Å². The molecule has 0 spiro atoms. The third-order valence-electron chi connectivity index (χ3n) is 3.26. The fraction of sp³-hybridized carbons (Fsp3) is 0.188. The minimum Gasteiger partial charge on any atom is -0.454 e. The van der Waals surface area contributed by atoms with Gasteiger partial charge in [0, 0.05) is 6.54 Å². The van der Waals surface area contributed by atoms with E-state index in [2.05, 4.69) is 5.32 Å². The Kier molecular flexibility index (Phi) is 3.48. The Morgan fingerprint density at radius 1 is 1.19 bits per heavy atom. The molecule has 0 atom stereocenters. The summed E-state index contributed by atoms with van der Waals surface area (Å²) in [7, 11) is 0. The maximum atomic E-state index is 13.6. The third kappa shape index (κ3) is 2.81. The van der Waals surface area contributed by atoms with Crippen LogP contribution in [0.15, 0.2) is 36.4 Å². The van der Waals surface area contributed by atoms with Gasteiger partial charge in [-0.15, -0.1) is 0 Å². The fourth-order valence-corrected chi connectivity index (χ4v) is 2.14. The standard InChI is InChI=1S/C16H14FNO3/c1-10-2-4-13(17)12(6-10)16(19)18-8-11-3-5-14-15(7-11)21-9-20-14/h2-7H,8-9H2,1H3,(H,18,19). The first-order valence-corrected chi connectivity index (χ1v) is 6.56. The van der Waals surface area contributed by atoms with Gasteiger partial charge in [-0.3, -0.25) is 4.79 Å². The van der Waals surface area contributed by atoms with E-state index >= 15 is 0 Å². The number of rotatable bonds is 3. The van der Waals surface area contributed by atoms with Gasteiger partial charge in [-0.25, -0.2) is 4.39 Å². The van der Waals surface area contributed by atoms with E-state index in [0.29, 0.717) is 18.0 Å². The number of hydrogen-bond donors (Lipinski definition) is 1. The molecule has 2 aromatic rings. The summed E-state index contributed by atoms with van der Waals surface area (Å²) in [4.78, 5) is 12.0. The number of halogens is 1. The number of fused-ring (bicyclic) bond motifs is 1. The van der Waals surface area contributed by atoms with Crippen molar-refractivity contribution in [2.45, 2.75) is 13.5 Å². The highest BCUT2D eigenvalue weighted by Gasteiger charge is 2.15. The first kappa shape index (κ1) is 13.4. The van der Waals surface area contributed by atoms with Crippen LogP contribution in [-0.4, -0.2) is 12.7 Å². The van der Waals surface area contributed by atoms with Crippen LogP contribution in [0.2, 0.25) is 0 Å². The van der Waals surface area contributed by atoms with Crippen molar-refractivity contribution in [2.75, 3.05) is 6.79 Å². The highest BCUT2D eigenvalue weighted by atomic mass is 19.1. The molecule has 2 aromatic carbocycles. The molecule has 3 rings (SSSR count). The normalized spacial score (nSPS) is 12.3. The Morgan fingerprint density at radius 3 is 2.86 bits per heavy atom. The SMILES string of the molecule is Cc1ccc(F)c(C(=O)NCc2ccc3c(c2)OCO3)c1. The zero-order chi connectivity index (χ0) is 14.8. The van der Waals surface area contributed by atoms with Gasteiger partial charge in [-0.1, -0.05) is 17.7 Å². The van der Waals surface area contributed by atoms with Gasteiger partial charge in [-0.2, -0.15) is 0 Å². The smallest absolute Gasteiger partial charge is 0.254 e. The van der Waals surface area contributed by atoms with E-state index in [1.165, 1.54) is 12.1 Å². The van der Waals surface area contributed by atoms with Gasteiger partial charge in [0.25, 0.3) is 5.91 Å². The molecule has 0 radical (unpaired) electrons. The number of aryl methyl sites for hydroxylation is 1.